The molecule has 2 atom stereocenters. The Hall–Kier alpha value is -5.65. The smallest absolute Gasteiger partial charge is 0.493 e. The van der Waals surface area contributed by atoms with E-state index in [0.29, 0.717) is 34.9 Å². The van der Waals surface area contributed by atoms with Crippen LogP contribution in [0.4, 0.5) is 39.5 Å². The van der Waals surface area contributed by atoms with Gasteiger partial charge in [0, 0.05) is 29.4 Å². The number of nitrogen functional groups attached to an aromatic ring is 1. The lowest BCUT2D eigenvalue weighted by Crippen LogP contribution is -2.39. The van der Waals surface area contributed by atoms with Crippen LogP contribution in [-0.2, 0) is 35.4 Å². The monoisotopic (exact) mass is 775 g/mol. The van der Waals surface area contributed by atoms with Gasteiger partial charge in [0.15, 0.2) is 21.4 Å². The first kappa shape index (κ1) is 39.6. The van der Waals surface area contributed by atoms with Crippen molar-refractivity contribution in [2.75, 3.05) is 42.6 Å². The Morgan fingerprint density at radius 1 is 1.07 bits per heavy atom. The molecule has 0 aliphatic carbocycles. The third-order valence-corrected chi connectivity index (χ3v) is 10.8. The lowest BCUT2D eigenvalue weighted by Gasteiger charge is -2.32. The van der Waals surface area contributed by atoms with Crippen LogP contribution in [0.2, 0.25) is 0 Å². The van der Waals surface area contributed by atoms with Crippen molar-refractivity contribution in [3.8, 4) is 5.75 Å². The largest absolute Gasteiger partial charge is 0.494 e. The number of halogens is 4. The maximum atomic E-state index is 16.2. The molecule has 5 rings (SSSR count). The molecule has 1 aliphatic heterocycles. The number of hydrogen-bond acceptors (Lipinski definition) is 11. The summed E-state index contributed by atoms with van der Waals surface area (Å²) in [6.07, 6.45) is -4.56. The molecule has 288 valence electrons. The van der Waals surface area contributed by atoms with E-state index in [1.54, 1.807) is 24.3 Å². The Bertz CT molecular complexity index is 2200. The van der Waals surface area contributed by atoms with Crippen LogP contribution >= 0.6 is 0 Å². The van der Waals surface area contributed by atoms with Crippen molar-refractivity contribution in [2.45, 2.75) is 56.3 Å². The normalized spacial score (nSPS) is 15.1. The second-order valence-corrected chi connectivity index (χ2v) is 14.5. The molecule has 4 aromatic rings. The summed E-state index contributed by atoms with van der Waals surface area (Å²) in [5.41, 5.74) is 6.45. The number of rotatable bonds is 10. The number of aromatic nitrogens is 1. The van der Waals surface area contributed by atoms with E-state index in [0.717, 1.165) is 25.3 Å². The van der Waals surface area contributed by atoms with Gasteiger partial charge < -0.3 is 30.3 Å². The fourth-order valence-electron chi connectivity index (χ4n) is 6.27. The summed E-state index contributed by atoms with van der Waals surface area (Å²) in [5, 5.41) is 4.39. The number of likely N-dealkylation sites (tertiary alicyclic amines) is 1. The van der Waals surface area contributed by atoms with Crippen LogP contribution in [0.3, 0.4) is 0 Å². The number of carbonyl (C=O) groups is 3. The highest BCUT2D eigenvalue weighted by molar-refractivity contribution is 7.91. The van der Waals surface area contributed by atoms with Crippen molar-refractivity contribution >= 4 is 55.8 Å². The molecule has 0 bridgehead atoms. The van der Waals surface area contributed by atoms with Crippen molar-refractivity contribution in [3.63, 3.8) is 0 Å². The zero-order valence-corrected chi connectivity index (χ0v) is 30.4. The summed E-state index contributed by atoms with van der Waals surface area (Å²) in [6, 6.07) is 10.4. The number of nitrogens with one attached hydrogen (secondary N) is 1. The third-order valence-electron chi connectivity index (χ3n) is 9.00. The number of pyridine rings is 1. The fraction of sp³-hybridized carbons (Fsp3) is 0.333. The molecule has 1 aliphatic rings. The number of benzene rings is 3. The standard InChI is InChI=1S/C36H37F4N5O8S/c1-5-20-16-26(30(37)28(17-20)51-3)31(43-22-9-11-24-21(18-22)13-14-42-32(24)41)33(46)44-15-7-8-27(44)25-19-23(10-12-29(25)54(49,50)6-2)45(35(48)52-4)53-34(47)36(38,39)40/h9-14,16-19,27,31,43H,5-8,15H2,1-4H3,(H2,41,42)/t27-,31+/m1/s1. The van der Waals surface area contributed by atoms with E-state index in [1.807, 2.05) is 6.92 Å². The van der Waals surface area contributed by atoms with Gasteiger partial charge in [0.25, 0.3) is 0 Å². The van der Waals surface area contributed by atoms with E-state index < -0.39 is 63.3 Å². The maximum absolute atomic E-state index is 16.2. The maximum Gasteiger partial charge on any atom is 0.493 e. The molecule has 1 aromatic heterocycles. The van der Waals surface area contributed by atoms with Crippen LogP contribution in [-0.4, -0.2) is 69.0 Å². The summed E-state index contributed by atoms with van der Waals surface area (Å²) in [5.74, 6) is -4.48. The van der Waals surface area contributed by atoms with E-state index in [9.17, 15) is 36.0 Å². The number of methoxy groups -OCH3 is 2. The number of nitrogens with zero attached hydrogens (tertiary/aromatic N) is 3. The van der Waals surface area contributed by atoms with Gasteiger partial charge in [-0.05, 0) is 84.3 Å². The van der Waals surface area contributed by atoms with Gasteiger partial charge in [-0.25, -0.2) is 27.4 Å². The van der Waals surface area contributed by atoms with Crippen LogP contribution in [0.15, 0.2) is 65.7 Å². The molecule has 54 heavy (non-hydrogen) atoms. The van der Waals surface area contributed by atoms with Gasteiger partial charge in [-0.2, -0.15) is 13.2 Å². The van der Waals surface area contributed by atoms with Crippen LogP contribution in [0.1, 0.15) is 55.5 Å². The lowest BCUT2D eigenvalue weighted by molar-refractivity contribution is -0.200. The van der Waals surface area contributed by atoms with Gasteiger partial charge in [0.2, 0.25) is 5.91 Å². The highest BCUT2D eigenvalue weighted by atomic mass is 32.2. The number of alkyl halides is 3. The molecule has 2 heterocycles. The number of amides is 2. The Kier molecular flexibility index (Phi) is 11.5. The lowest BCUT2D eigenvalue weighted by atomic mass is 9.98. The van der Waals surface area contributed by atoms with Crippen molar-refractivity contribution in [1.29, 1.82) is 0 Å². The first-order chi connectivity index (χ1) is 25.5. The molecule has 3 aromatic carbocycles. The van der Waals surface area contributed by atoms with Crippen LogP contribution in [0.25, 0.3) is 10.8 Å². The number of carbonyl (C=O) groups excluding carboxylic acids is 3. The second kappa shape index (κ2) is 15.8. The number of ether oxygens (including phenoxy) is 2. The Labute approximate surface area is 307 Å². The highest BCUT2D eigenvalue weighted by Gasteiger charge is 2.45. The van der Waals surface area contributed by atoms with Gasteiger partial charge >= 0.3 is 18.2 Å². The van der Waals surface area contributed by atoms with Crippen LogP contribution < -0.4 is 20.9 Å². The van der Waals surface area contributed by atoms with Crippen molar-refractivity contribution < 1.29 is 54.7 Å². The van der Waals surface area contributed by atoms with Gasteiger partial charge in [0.1, 0.15) is 11.9 Å². The van der Waals surface area contributed by atoms with E-state index in [4.69, 9.17) is 10.5 Å². The van der Waals surface area contributed by atoms with Crippen molar-refractivity contribution in [1.82, 2.24) is 9.88 Å². The number of sulfone groups is 1. The van der Waals surface area contributed by atoms with E-state index in [-0.39, 0.29) is 45.6 Å². The first-order valence-corrected chi connectivity index (χ1v) is 18.3. The summed E-state index contributed by atoms with van der Waals surface area (Å²) in [4.78, 5) is 48.7. The Morgan fingerprint density at radius 3 is 2.46 bits per heavy atom. The number of hydrogen-bond donors (Lipinski definition) is 2. The number of fused-ring (bicyclic) bond motifs is 1. The zero-order chi connectivity index (χ0) is 39.5. The molecule has 0 spiro atoms. The number of nitrogens with two attached hydrogens (primary N) is 1. The van der Waals surface area contributed by atoms with E-state index in [1.165, 1.54) is 37.3 Å². The summed E-state index contributed by atoms with van der Waals surface area (Å²) in [7, 11) is -1.95. The Morgan fingerprint density at radius 2 is 1.81 bits per heavy atom. The Balaban J connectivity index is 1.65. The molecular formula is C36H37F4N5O8S. The molecule has 0 saturated carbocycles. The number of anilines is 3. The molecular weight excluding hydrogens is 738 g/mol. The molecule has 2 amide bonds. The molecule has 0 unspecified atom stereocenters. The average molecular weight is 776 g/mol. The van der Waals surface area contributed by atoms with Gasteiger partial charge in [-0.15, -0.1) is 5.06 Å². The van der Waals surface area contributed by atoms with Gasteiger partial charge in [-0.1, -0.05) is 19.9 Å². The van der Waals surface area contributed by atoms with Crippen molar-refractivity contribution in [3.05, 3.63) is 83.3 Å². The molecule has 1 fully saturated rings. The summed E-state index contributed by atoms with van der Waals surface area (Å²) < 4.78 is 92.5. The number of hydroxylamine groups is 1. The minimum atomic E-state index is -5.50. The third kappa shape index (κ3) is 7.97. The first-order valence-electron chi connectivity index (χ1n) is 16.7. The van der Waals surface area contributed by atoms with Crippen molar-refractivity contribution in [2.24, 2.45) is 0 Å². The molecule has 18 heteroatoms. The topological polar surface area (TPSA) is 170 Å². The summed E-state index contributed by atoms with van der Waals surface area (Å²) >= 11 is 0. The average Bonchev–Trinajstić information content (AvgIpc) is 3.65. The predicted octanol–water partition coefficient (Wildman–Crippen LogP) is 6.43. The van der Waals surface area contributed by atoms with Crippen LogP contribution in [0.5, 0.6) is 5.75 Å². The molecule has 0 radical (unpaired) electrons. The highest BCUT2D eigenvalue weighted by Crippen LogP contribution is 2.41. The van der Waals surface area contributed by atoms with Gasteiger partial charge in [0.05, 0.1) is 36.6 Å². The minimum Gasteiger partial charge on any atom is -0.494 e. The predicted molar refractivity (Wildman–Crippen MR) is 190 cm³/mol. The quantitative estimate of drug-likeness (QED) is 0.134. The fourth-order valence-corrected chi connectivity index (χ4v) is 7.41. The van der Waals surface area contributed by atoms with Gasteiger partial charge in [-0.3, -0.25) is 4.79 Å². The number of aryl methyl sites for hydroxylation is 1. The molecule has 1 saturated heterocycles. The summed E-state index contributed by atoms with van der Waals surface area (Å²) in [6.45, 7) is 3.28. The second-order valence-electron chi connectivity index (χ2n) is 12.2. The van der Waals surface area contributed by atoms with Crippen LogP contribution in [0, 0.1) is 5.82 Å². The SMILES string of the molecule is CCc1cc(OC)c(F)c([C@H](Nc2ccc3c(N)nccc3c2)C(=O)N2CCC[C@@H]2c2cc(N(OC(=O)C(F)(F)F)C(=O)OC)ccc2S(=O)(=O)CC)c1. The minimum absolute atomic E-state index is 0.0625. The molecule has 13 nitrogen and oxygen atoms in total. The van der Waals surface area contributed by atoms with E-state index in [2.05, 4.69) is 19.9 Å². The van der Waals surface area contributed by atoms with E-state index >= 15 is 4.39 Å². The molecule has 3 N–H and O–H groups in total. The zero-order valence-electron chi connectivity index (χ0n) is 29.6.